The lowest BCUT2D eigenvalue weighted by Crippen LogP contribution is -2.37. The van der Waals surface area contributed by atoms with Crippen LogP contribution in [0.5, 0.6) is 11.5 Å². The molecule has 0 N–H and O–H groups in total. The zero-order chi connectivity index (χ0) is 19.5. The average Bonchev–Trinajstić information content (AvgIpc) is 3.17. The lowest BCUT2D eigenvalue weighted by Gasteiger charge is -2.28. The molecule has 0 aromatic heterocycles. The van der Waals surface area contributed by atoms with E-state index in [-0.39, 0.29) is 11.9 Å². The Kier molecular flexibility index (Phi) is 5.53. The lowest BCUT2D eigenvalue weighted by atomic mass is 10.0. The van der Waals surface area contributed by atoms with Gasteiger partial charge < -0.3 is 14.4 Å². The predicted octanol–water partition coefficient (Wildman–Crippen LogP) is 3.56. The van der Waals surface area contributed by atoms with E-state index in [1.807, 2.05) is 18.0 Å². The van der Waals surface area contributed by atoms with Gasteiger partial charge in [0.15, 0.2) is 11.5 Å². The molecule has 0 bridgehead atoms. The summed E-state index contributed by atoms with van der Waals surface area (Å²) in [6.07, 6.45) is 2.17. The van der Waals surface area contributed by atoms with Crippen LogP contribution in [0.1, 0.15) is 35.6 Å². The zero-order valence-electron chi connectivity index (χ0n) is 16.7. The van der Waals surface area contributed by atoms with Gasteiger partial charge in [0, 0.05) is 19.6 Å². The molecule has 5 nitrogen and oxygen atoms in total. The minimum atomic E-state index is 0.157. The van der Waals surface area contributed by atoms with Gasteiger partial charge in [-0.2, -0.15) is 0 Å². The molecule has 0 radical (unpaired) electrons. The molecule has 148 valence electrons. The Morgan fingerprint density at radius 2 is 1.86 bits per heavy atom. The Morgan fingerprint density at radius 1 is 1.11 bits per heavy atom. The Balaban J connectivity index is 1.40. The molecule has 28 heavy (non-hydrogen) atoms. The molecular formula is C23H28N2O3. The van der Waals surface area contributed by atoms with E-state index in [9.17, 15) is 4.79 Å². The van der Waals surface area contributed by atoms with E-state index in [0.29, 0.717) is 26.3 Å². The zero-order valence-corrected chi connectivity index (χ0v) is 16.7. The Morgan fingerprint density at radius 3 is 2.64 bits per heavy atom. The second kappa shape index (κ2) is 8.23. The molecule has 0 saturated carbocycles. The molecule has 0 aliphatic carbocycles. The number of fused-ring (bicyclic) bond motifs is 1. The van der Waals surface area contributed by atoms with Crippen LogP contribution in [0.4, 0.5) is 0 Å². The van der Waals surface area contributed by atoms with Crippen molar-refractivity contribution in [3.8, 4) is 11.5 Å². The number of benzene rings is 2. The predicted molar refractivity (Wildman–Crippen MR) is 109 cm³/mol. The fourth-order valence-corrected chi connectivity index (χ4v) is 4.01. The number of nitrogens with zero attached hydrogens (tertiary/aromatic N) is 2. The van der Waals surface area contributed by atoms with Crippen LogP contribution in [0.25, 0.3) is 0 Å². The third kappa shape index (κ3) is 4.14. The summed E-state index contributed by atoms with van der Waals surface area (Å²) in [5, 5.41) is 0. The standard InChI is InChI=1S/C23H28N2O3/c1-17-5-7-18(8-6-17)15-24(2)23(26)16-25-11-3-4-20(25)19-9-10-21-22(14-19)28-13-12-27-21/h5-10,14,20H,3-4,11-13,15-16H2,1-2H3. The first-order valence-electron chi connectivity index (χ1n) is 10.0. The minimum Gasteiger partial charge on any atom is -0.486 e. The van der Waals surface area contributed by atoms with Gasteiger partial charge in [0.25, 0.3) is 0 Å². The number of hydrogen-bond donors (Lipinski definition) is 0. The monoisotopic (exact) mass is 380 g/mol. The molecule has 2 aromatic rings. The van der Waals surface area contributed by atoms with Crippen LogP contribution < -0.4 is 9.47 Å². The number of amides is 1. The van der Waals surface area contributed by atoms with E-state index >= 15 is 0 Å². The van der Waals surface area contributed by atoms with Gasteiger partial charge in [-0.05, 0) is 49.6 Å². The van der Waals surface area contributed by atoms with Crippen LogP contribution in [-0.4, -0.2) is 49.1 Å². The topological polar surface area (TPSA) is 42.0 Å². The fraction of sp³-hybridized carbons (Fsp3) is 0.435. The lowest BCUT2D eigenvalue weighted by molar-refractivity contribution is -0.131. The molecule has 2 aromatic carbocycles. The summed E-state index contributed by atoms with van der Waals surface area (Å²) >= 11 is 0. The number of ether oxygens (including phenoxy) is 2. The number of hydrogen-bond acceptors (Lipinski definition) is 4. The van der Waals surface area contributed by atoms with Crippen LogP contribution in [-0.2, 0) is 11.3 Å². The fourth-order valence-electron chi connectivity index (χ4n) is 4.01. The molecule has 2 aliphatic heterocycles. The van der Waals surface area contributed by atoms with E-state index in [2.05, 4.69) is 48.2 Å². The van der Waals surface area contributed by atoms with Crippen molar-refractivity contribution >= 4 is 5.91 Å². The maximum Gasteiger partial charge on any atom is 0.236 e. The first kappa shape index (κ1) is 18.8. The summed E-state index contributed by atoms with van der Waals surface area (Å²) in [7, 11) is 1.89. The summed E-state index contributed by atoms with van der Waals surface area (Å²) in [5.41, 5.74) is 3.60. The largest absolute Gasteiger partial charge is 0.486 e. The van der Waals surface area contributed by atoms with Gasteiger partial charge in [0.2, 0.25) is 5.91 Å². The highest BCUT2D eigenvalue weighted by molar-refractivity contribution is 5.78. The average molecular weight is 380 g/mol. The van der Waals surface area contributed by atoms with Crippen molar-refractivity contribution < 1.29 is 14.3 Å². The number of aryl methyl sites for hydroxylation is 1. The highest BCUT2D eigenvalue weighted by Gasteiger charge is 2.29. The maximum atomic E-state index is 12.8. The van der Waals surface area contributed by atoms with Gasteiger partial charge in [0.1, 0.15) is 13.2 Å². The van der Waals surface area contributed by atoms with Crippen LogP contribution in [0.15, 0.2) is 42.5 Å². The Hall–Kier alpha value is -2.53. The highest BCUT2D eigenvalue weighted by atomic mass is 16.6. The van der Waals surface area contributed by atoms with Crippen LogP contribution in [0.2, 0.25) is 0 Å². The van der Waals surface area contributed by atoms with Crippen LogP contribution in [0, 0.1) is 6.92 Å². The molecule has 0 spiro atoms. The highest BCUT2D eigenvalue weighted by Crippen LogP contribution is 2.37. The smallest absolute Gasteiger partial charge is 0.236 e. The molecule has 2 aliphatic rings. The Bertz CT molecular complexity index is 834. The van der Waals surface area contributed by atoms with Crippen molar-refractivity contribution in [1.82, 2.24) is 9.80 Å². The second-order valence-corrected chi connectivity index (χ2v) is 7.77. The van der Waals surface area contributed by atoms with Crippen molar-refractivity contribution in [1.29, 1.82) is 0 Å². The molecular weight excluding hydrogens is 352 g/mol. The first-order chi connectivity index (χ1) is 13.6. The van der Waals surface area contributed by atoms with Crippen LogP contribution in [0.3, 0.4) is 0 Å². The van der Waals surface area contributed by atoms with E-state index in [1.54, 1.807) is 0 Å². The molecule has 1 unspecified atom stereocenters. The van der Waals surface area contributed by atoms with Gasteiger partial charge in [-0.1, -0.05) is 35.9 Å². The molecule has 5 heteroatoms. The molecule has 1 fully saturated rings. The van der Waals surface area contributed by atoms with Gasteiger partial charge in [-0.3, -0.25) is 9.69 Å². The van der Waals surface area contributed by atoms with Gasteiger partial charge in [-0.15, -0.1) is 0 Å². The number of carbonyl (C=O) groups is 1. The van der Waals surface area contributed by atoms with E-state index in [1.165, 1.54) is 11.1 Å². The maximum absolute atomic E-state index is 12.8. The van der Waals surface area contributed by atoms with Crippen LogP contribution >= 0.6 is 0 Å². The molecule has 1 saturated heterocycles. The number of likely N-dealkylation sites (N-methyl/N-ethyl adjacent to an activating group) is 1. The molecule has 2 heterocycles. The summed E-state index contributed by atoms with van der Waals surface area (Å²) in [4.78, 5) is 16.9. The minimum absolute atomic E-state index is 0.157. The summed E-state index contributed by atoms with van der Waals surface area (Å²) < 4.78 is 11.4. The van der Waals surface area contributed by atoms with Gasteiger partial charge in [0.05, 0.1) is 6.54 Å². The number of rotatable bonds is 5. The second-order valence-electron chi connectivity index (χ2n) is 7.77. The normalized spacial score (nSPS) is 18.9. The quantitative estimate of drug-likeness (QED) is 0.795. The summed E-state index contributed by atoms with van der Waals surface area (Å²) in [6, 6.07) is 14.8. The third-order valence-electron chi connectivity index (χ3n) is 5.62. The van der Waals surface area contributed by atoms with Gasteiger partial charge >= 0.3 is 0 Å². The van der Waals surface area contributed by atoms with E-state index in [0.717, 1.165) is 36.4 Å². The van der Waals surface area contributed by atoms with Crippen molar-refractivity contribution in [2.45, 2.75) is 32.4 Å². The van der Waals surface area contributed by atoms with Crippen molar-refractivity contribution in [3.63, 3.8) is 0 Å². The number of carbonyl (C=O) groups excluding carboxylic acids is 1. The Labute approximate surface area is 166 Å². The van der Waals surface area contributed by atoms with Gasteiger partial charge in [-0.25, -0.2) is 0 Å². The summed E-state index contributed by atoms with van der Waals surface area (Å²) in [6.45, 7) is 5.30. The van der Waals surface area contributed by atoms with Crippen molar-refractivity contribution in [2.24, 2.45) is 0 Å². The number of likely N-dealkylation sites (tertiary alicyclic amines) is 1. The molecule has 1 amide bonds. The molecule has 1 atom stereocenters. The first-order valence-corrected chi connectivity index (χ1v) is 10.0. The van der Waals surface area contributed by atoms with E-state index in [4.69, 9.17) is 9.47 Å². The third-order valence-corrected chi connectivity index (χ3v) is 5.62. The van der Waals surface area contributed by atoms with Crippen molar-refractivity contribution in [3.05, 3.63) is 59.2 Å². The SMILES string of the molecule is Cc1ccc(CN(C)C(=O)CN2CCCC2c2ccc3c(c2)OCCO3)cc1. The van der Waals surface area contributed by atoms with Crippen molar-refractivity contribution in [2.75, 3.05) is 33.4 Å². The summed E-state index contributed by atoms with van der Waals surface area (Å²) in [5.74, 6) is 1.79. The molecule has 4 rings (SSSR count). The van der Waals surface area contributed by atoms with E-state index < -0.39 is 0 Å².